The summed E-state index contributed by atoms with van der Waals surface area (Å²) in [5.41, 5.74) is 2.69. The van der Waals surface area contributed by atoms with E-state index in [0.29, 0.717) is 10.6 Å². The average molecular weight is 497 g/mol. The normalized spacial score (nSPS) is 11.6. The molecule has 4 aromatic rings. The predicted molar refractivity (Wildman–Crippen MR) is 132 cm³/mol. The number of nitrogens with zero attached hydrogens (tertiary/aromatic N) is 2. The fourth-order valence-electron chi connectivity index (χ4n) is 3.28. The van der Waals surface area contributed by atoms with Crippen molar-refractivity contribution in [3.05, 3.63) is 99.6 Å². The molecule has 0 aliphatic heterocycles. The second kappa shape index (κ2) is 9.38. The monoisotopic (exact) mass is 496 g/mol. The van der Waals surface area contributed by atoms with Crippen LogP contribution in [-0.2, 0) is 10.0 Å². The summed E-state index contributed by atoms with van der Waals surface area (Å²) in [7, 11) is -4.11. The Balaban J connectivity index is 1.62. The van der Waals surface area contributed by atoms with Crippen molar-refractivity contribution in [2.75, 3.05) is 10.1 Å². The molecular formula is C23H17ClN4O5S. The van der Waals surface area contributed by atoms with Gasteiger partial charge in [0.15, 0.2) is 0 Å². The molecule has 0 amide bonds. The molecule has 0 atom stereocenters. The molecule has 3 N–H and O–H groups in total. The molecule has 0 bridgehead atoms. The van der Waals surface area contributed by atoms with Crippen LogP contribution in [0.25, 0.3) is 10.8 Å². The number of phenols is 1. The van der Waals surface area contributed by atoms with Crippen LogP contribution in [0.2, 0.25) is 5.02 Å². The van der Waals surface area contributed by atoms with Crippen molar-refractivity contribution < 1.29 is 18.4 Å². The third-order valence-electron chi connectivity index (χ3n) is 4.88. The number of nitro benzene ring substituents is 1. The third kappa shape index (κ3) is 4.92. The van der Waals surface area contributed by atoms with Gasteiger partial charge in [-0.3, -0.25) is 20.3 Å². The second-order valence-corrected chi connectivity index (χ2v) is 9.26. The molecule has 0 fully saturated rings. The van der Waals surface area contributed by atoms with Crippen LogP contribution in [0.4, 0.5) is 17.1 Å². The molecule has 0 saturated heterocycles. The number of hydrogen-bond donors (Lipinski definition) is 3. The van der Waals surface area contributed by atoms with Gasteiger partial charge in [0.1, 0.15) is 11.4 Å². The van der Waals surface area contributed by atoms with Crippen LogP contribution in [0.3, 0.4) is 0 Å². The van der Waals surface area contributed by atoms with E-state index in [2.05, 4.69) is 15.2 Å². The summed E-state index contributed by atoms with van der Waals surface area (Å²) in [5.74, 6) is -0.00715. The molecule has 4 rings (SSSR count). The Labute approximate surface area is 199 Å². The number of hydrogen-bond acceptors (Lipinski definition) is 7. The molecule has 0 heterocycles. The van der Waals surface area contributed by atoms with Crippen LogP contribution >= 0.6 is 11.6 Å². The Morgan fingerprint density at radius 1 is 1.00 bits per heavy atom. The molecule has 9 nitrogen and oxygen atoms in total. The lowest BCUT2D eigenvalue weighted by atomic mass is 10.0. The maximum absolute atomic E-state index is 12.7. The third-order valence-corrected chi connectivity index (χ3v) is 6.49. The molecule has 0 aliphatic carbocycles. The lowest BCUT2D eigenvalue weighted by molar-refractivity contribution is -0.384. The Hall–Kier alpha value is -4.15. The van der Waals surface area contributed by atoms with Crippen LogP contribution in [0, 0.1) is 10.1 Å². The van der Waals surface area contributed by atoms with E-state index in [0.717, 1.165) is 16.8 Å². The Kier molecular flexibility index (Phi) is 6.35. The van der Waals surface area contributed by atoms with Gasteiger partial charge in [0.05, 0.1) is 21.7 Å². The molecule has 172 valence electrons. The van der Waals surface area contributed by atoms with Gasteiger partial charge in [-0.25, -0.2) is 8.42 Å². The summed E-state index contributed by atoms with van der Waals surface area (Å²) < 4.78 is 27.7. The van der Waals surface area contributed by atoms with Gasteiger partial charge in [-0.05, 0) is 47.2 Å². The second-order valence-electron chi connectivity index (χ2n) is 7.14. The van der Waals surface area contributed by atoms with Crippen molar-refractivity contribution in [2.24, 2.45) is 5.10 Å². The topological polar surface area (TPSA) is 134 Å². The molecule has 0 saturated carbocycles. The first-order chi connectivity index (χ1) is 16.2. The van der Waals surface area contributed by atoms with E-state index in [1.54, 1.807) is 18.2 Å². The maximum Gasteiger partial charge on any atom is 0.295 e. The summed E-state index contributed by atoms with van der Waals surface area (Å²) in [4.78, 5) is 10.6. The van der Waals surface area contributed by atoms with E-state index >= 15 is 0 Å². The van der Waals surface area contributed by atoms with Gasteiger partial charge in [0.25, 0.3) is 15.7 Å². The molecular weight excluding hydrogens is 480 g/mol. The zero-order chi connectivity index (χ0) is 24.3. The van der Waals surface area contributed by atoms with Gasteiger partial charge in [-0.15, -0.1) is 0 Å². The molecule has 11 heteroatoms. The van der Waals surface area contributed by atoms with E-state index < -0.39 is 20.6 Å². The highest BCUT2D eigenvalue weighted by molar-refractivity contribution is 7.92. The number of halogens is 1. The molecule has 0 radical (unpaired) electrons. The van der Waals surface area contributed by atoms with Crippen molar-refractivity contribution >= 4 is 55.7 Å². The van der Waals surface area contributed by atoms with Gasteiger partial charge in [-0.1, -0.05) is 48.0 Å². The maximum atomic E-state index is 12.7. The standard InChI is InChI=1S/C23H17ClN4O5S/c24-16-5-3-6-17(12-16)27-34(32,33)18-9-10-21(22(13-18)28(30)31)26-25-14-20-19-7-2-1-4-15(19)8-11-23(20)29/h1-14,26-27,29H/b25-14+. The van der Waals surface area contributed by atoms with Gasteiger partial charge in [0, 0.05) is 16.7 Å². The molecule has 0 unspecified atom stereocenters. The van der Waals surface area contributed by atoms with Crippen LogP contribution in [0.1, 0.15) is 5.56 Å². The summed E-state index contributed by atoms with van der Waals surface area (Å²) in [6, 6.07) is 20.1. The van der Waals surface area contributed by atoms with Crippen molar-refractivity contribution in [1.82, 2.24) is 0 Å². The number of rotatable bonds is 7. The van der Waals surface area contributed by atoms with E-state index in [9.17, 15) is 23.6 Å². The van der Waals surface area contributed by atoms with Crippen LogP contribution < -0.4 is 10.1 Å². The Bertz CT molecular complexity index is 1540. The van der Waals surface area contributed by atoms with Crippen molar-refractivity contribution in [2.45, 2.75) is 4.90 Å². The van der Waals surface area contributed by atoms with Crippen LogP contribution in [0.15, 0.2) is 88.9 Å². The van der Waals surface area contributed by atoms with E-state index in [4.69, 9.17) is 11.6 Å². The highest BCUT2D eigenvalue weighted by atomic mass is 35.5. The summed E-state index contributed by atoms with van der Waals surface area (Å²) >= 11 is 5.88. The number of nitro groups is 1. The first kappa shape index (κ1) is 23.0. The van der Waals surface area contributed by atoms with Gasteiger partial charge in [-0.2, -0.15) is 5.10 Å². The minimum absolute atomic E-state index is 0.00715. The highest BCUT2D eigenvalue weighted by Gasteiger charge is 2.21. The fraction of sp³-hybridized carbons (Fsp3) is 0. The summed E-state index contributed by atoms with van der Waals surface area (Å²) in [6.45, 7) is 0. The minimum atomic E-state index is -4.11. The lowest BCUT2D eigenvalue weighted by Gasteiger charge is -2.10. The molecule has 0 aliphatic rings. The first-order valence-corrected chi connectivity index (χ1v) is 11.7. The Morgan fingerprint density at radius 2 is 1.79 bits per heavy atom. The smallest absolute Gasteiger partial charge is 0.295 e. The number of sulfonamides is 1. The number of nitrogens with one attached hydrogen (secondary N) is 2. The van der Waals surface area contributed by atoms with Crippen LogP contribution in [-0.4, -0.2) is 24.7 Å². The van der Waals surface area contributed by atoms with Crippen molar-refractivity contribution in [3.63, 3.8) is 0 Å². The molecule has 0 aromatic heterocycles. The minimum Gasteiger partial charge on any atom is -0.507 e. The average Bonchev–Trinajstić information content (AvgIpc) is 2.80. The number of anilines is 2. The van der Waals surface area contributed by atoms with Gasteiger partial charge in [0.2, 0.25) is 0 Å². The fourth-order valence-corrected chi connectivity index (χ4v) is 4.54. The summed E-state index contributed by atoms with van der Waals surface area (Å²) in [6.07, 6.45) is 1.34. The van der Waals surface area contributed by atoms with Gasteiger partial charge >= 0.3 is 0 Å². The quantitative estimate of drug-likeness (QED) is 0.179. The van der Waals surface area contributed by atoms with Gasteiger partial charge < -0.3 is 5.11 Å². The number of hydrazone groups is 1. The number of benzene rings is 4. The predicted octanol–water partition coefficient (Wildman–Crippen LogP) is 5.35. The zero-order valence-corrected chi connectivity index (χ0v) is 18.9. The zero-order valence-electron chi connectivity index (χ0n) is 17.3. The molecule has 4 aromatic carbocycles. The highest BCUT2D eigenvalue weighted by Crippen LogP contribution is 2.30. The summed E-state index contributed by atoms with van der Waals surface area (Å²) in [5, 5.41) is 27.8. The van der Waals surface area contributed by atoms with E-state index in [1.807, 2.05) is 24.3 Å². The number of fused-ring (bicyclic) bond motifs is 1. The lowest BCUT2D eigenvalue weighted by Crippen LogP contribution is -2.13. The van der Waals surface area contributed by atoms with E-state index in [1.165, 1.54) is 36.5 Å². The largest absolute Gasteiger partial charge is 0.507 e. The SMILES string of the molecule is O=[N+]([O-])c1cc(S(=O)(=O)Nc2cccc(Cl)c2)ccc1N/N=C/c1c(O)ccc2ccccc12. The number of aromatic hydroxyl groups is 1. The molecule has 34 heavy (non-hydrogen) atoms. The molecule has 0 spiro atoms. The van der Waals surface area contributed by atoms with Crippen molar-refractivity contribution in [1.29, 1.82) is 0 Å². The van der Waals surface area contributed by atoms with Crippen LogP contribution in [0.5, 0.6) is 5.75 Å². The Morgan fingerprint density at radius 3 is 2.56 bits per heavy atom. The van der Waals surface area contributed by atoms with E-state index in [-0.39, 0.29) is 22.0 Å². The first-order valence-electron chi connectivity index (χ1n) is 9.81. The van der Waals surface area contributed by atoms with Crippen molar-refractivity contribution in [3.8, 4) is 5.75 Å². The number of phenolic OH excluding ortho intramolecular Hbond substituents is 1.